The van der Waals surface area contributed by atoms with E-state index in [0.29, 0.717) is 18.7 Å². The van der Waals surface area contributed by atoms with Gasteiger partial charge in [0.25, 0.3) is 0 Å². The number of hydrogen-bond acceptors (Lipinski definition) is 5. The van der Waals surface area contributed by atoms with Crippen molar-refractivity contribution in [2.45, 2.75) is 51.6 Å². The number of carboxylic acid groups (broad SMARTS) is 1. The summed E-state index contributed by atoms with van der Waals surface area (Å²) < 4.78 is 0. The molecule has 0 saturated heterocycles. The monoisotopic (exact) mass is 347 g/mol. The zero-order chi connectivity index (χ0) is 17.7. The number of unbranched alkanes of at least 4 members (excludes halogenated alkanes) is 2. The lowest BCUT2D eigenvalue weighted by Crippen LogP contribution is -2.50. The molecule has 23 heavy (non-hydrogen) atoms. The number of aliphatic carboxylic acids is 1. The van der Waals surface area contributed by atoms with Gasteiger partial charge in [-0.1, -0.05) is 6.42 Å². The molecule has 0 aromatic carbocycles. The Balaban J connectivity index is 3.70. The summed E-state index contributed by atoms with van der Waals surface area (Å²) in [5, 5.41) is 16.0. The second-order valence-corrected chi connectivity index (χ2v) is 6.14. The van der Waals surface area contributed by atoms with E-state index in [1.54, 1.807) is 18.7 Å². The molecule has 0 aromatic rings. The summed E-state index contributed by atoms with van der Waals surface area (Å²) in [4.78, 5) is 44.0. The predicted molar refractivity (Wildman–Crippen MR) is 87.8 cm³/mol. The maximum atomic E-state index is 11.8. The van der Waals surface area contributed by atoms with Crippen molar-refractivity contribution < 1.29 is 24.3 Å². The third kappa shape index (κ3) is 11.5. The number of thioether (sulfide) groups is 1. The second-order valence-electron chi connectivity index (χ2n) is 5.03. The van der Waals surface area contributed by atoms with Gasteiger partial charge in [0.2, 0.25) is 18.2 Å². The van der Waals surface area contributed by atoms with Gasteiger partial charge in [-0.3, -0.25) is 19.2 Å². The SMILES string of the molecule is CC(NC=O)C(=O)NC(C)C(=O)NCSCCCCCC(=O)O. The van der Waals surface area contributed by atoms with Gasteiger partial charge < -0.3 is 21.1 Å². The first-order valence-corrected chi connectivity index (χ1v) is 8.61. The molecule has 0 aliphatic heterocycles. The lowest BCUT2D eigenvalue weighted by molar-refractivity contribution is -0.137. The fourth-order valence-corrected chi connectivity index (χ4v) is 2.38. The number of amides is 3. The Morgan fingerprint density at radius 2 is 1.78 bits per heavy atom. The molecule has 0 heterocycles. The van der Waals surface area contributed by atoms with Crippen molar-refractivity contribution in [3.63, 3.8) is 0 Å². The smallest absolute Gasteiger partial charge is 0.303 e. The van der Waals surface area contributed by atoms with Crippen LogP contribution in [0.15, 0.2) is 0 Å². The van der Waals surface area contributed by atoms with Crippen LogP contribution in [0.2, 0.25) is 0 Å². The fraction of sp³-hybridized carbons (Fsp3) is 0.714. The molecule has 0 fully saturated rings. The summed E-state index contributed by atoms with van der Waals surface area (Å²) in [5.41, 5.74) is 0. The van der Waals surface area contributed by atoms with E-state index in [9.17, 15) is 19.2 Å². The van der Waals surface area contributed by atoms with Gasteiger partial charge in [-0.25, -0.2) is 0 Å². The molecule has 0 spiro atoms. The van der Waals surface area contributed by atoms with Crippen molar-refractivity contribution in [3.8, 4) is 0 Å². The van der Waals surface area contributed by atoms with Crippen molar-refractivity contribution in [3.05, 3.63) is 0 Å². The zero-order valence-corrected chi connectivity index (χ0v) is 14.3. The Bertz CT molecular complexity index is 406. The van der Waals surface area contributed by atoms with Crippen molar-refractivity contribution >= 4 is 36.0 Å². The fourth-order valence-electron chi connectivity index (χ4n) is 1.59. The first-order chi connectivity index (χ1) is 10.9. The summed E-state index contributed by atoms with van der Waals surface area (Å²) in [5.74, 6) is -0.236. The summed E-state index contributed by atoms with van der Waals surface area (Å²) in [7, 11) is 0. The van der Waals surface area contributed by atoms with Gasteiger partial charge >= 0.3 is 5.97 Å². The maximum absolute atomic E-state index is 11.8. The highest BCUT2D eigenvalue weighted by Crippen LogP contribution is 2.06. The zero-order valence-electron chi connectivity index (χ0n) is 13.5. The third-order valence-corrected chi connectivity index (χ3v) is 3.92. The van der Waals surface area contributed by atoms with E-state index < -0.39 is 24.0 Å². The van der Waals surface area contributed by atoms with Crippen molar-refractivity contribution in [2.75, 3.05) is 11.6 Å². The molecule has 9 heteroatoms. The summed E-state index contributed by atoms with van der Waals surface area (Å²) in [6, 6.07) is -1.38. The number of hydrogen-bond donors (Lipinski definition) is 4. The van der Waals surface area contributed by atoms with Gasteiger partial charge in [0.1, 0.15) is 12.1 Å². The van der Waals surface area contributed by atoms with Crippen molar-refractivity contribution in [1.82, 2.24) is 16.0 Å². The van der Waals surface area contributed by atoms with Crippen LogP contribution < -0.4 is 16.0 Å². The summed E-state index contributed by atoms with van der Waals surface area (Å²) in [6.45, 7) is 3.09. The maximum Gasteiger partial charge on any atom is 0.303 e. The Labute approximate surface area is 140 Å². The molecule has 0 radical (unpaired) electrons. The minimum absolute atomic E-state index is 0.190. The molecule has 0 saturated carbocycles. The predicted octanol–water partition coefficient (Wildman–Crippen LogP) is 0.0775. The molecule has 132 valence electrons. The van der Waals surface area contributed by atoms with E-state index in [4.69, 9.17) is 5.11 Å². The molecule has 8 nitrogen and oxygen atoms in total. The van der Waals surface area contributed by atoms with Crippen molar-refractivity contribution in [1.29, 1.82) is 0 Å². The number of carbonyl (C=O) groups is 4. The molecule has 2 atom stereocenters. The molecule has 0 aromatic heterocycles. The minimum atomic E-state index is -0.779. The van der Waals surface area contributed by atoms with Crippen LogP contribution in [0.3, 0.4) is 0 Å². The van der Waals surface area contributed by atoms with Crippen LogP contribution in [0.5, 0.6) is 0 Å². The molecule has 3 amide bonds. The quantitative estimate of drug-likeness (QED) is 0.212. The number of rotatable bonds is 13. The van der Waals surface area contributed by atoms with Gasteiger partial charge in [-0.2, -0.15) is 0 Å². The normalized spacial score (nSPS) is 12.8. The Kier molecular flexibility index (Phi) is 11.8. The summed E-state index contributed by atoms with van der Waals surface area (Å²) >= 11 is 1.54. The Morgan fingerprint density at radius 3 is 2.39 bits per heavy atom. The van der Waals surface area contributed by atoms with Crippen LogP contribution in [0.25, 0.3) is 0 Å². The average Bonchev–Trinajstić information content (AvgIpc) is 2.49. The molecular formula is C14H25N3O5S. The lowest BCUT2D eigenvalue weighted by Gasteiger charge is -2.16. The largest absolute Gasteiger partial charge is 0.481 e. The Morgan fingerprint density at radius 1 is 1.09 bits per heavy atom. The van der Waals surface area contributed by atoms with E-state index in [1.165, 1.54) is 6.92 Å². The first kappa shape index (κ1) is 21.2. The number of carbonyl (C=O) groups excluding carboxylic acids is 3. The summed E-state index contributed by atoms with van der Waals surface area (Å²) in [6.07, 6.45) is 3.03. The molecule has 0 aliphatic carbocycles. The van der Waals surface area contributed by atoms with Crippen molar-refractivity contribution in [2.24, 2.45) is 0 Å². The van der Waals surface area contributed by atoms with Gasteiger partial charge in [0.15, 0.2) is 0 Å². The molecule has 0 aliphatic rings. The van der Waals surface area contributed by atoms with E-state index in [1.807, 2.05) is 0 Å². The molecule has 4 N–H and O–H groups in total. The van der Waals surface area contributed by atoms with Gasteiger partial charge in [-0.15, -0.1) is 11.8 Å². The number of carboxylic acids is 1. The highest BCUT2D eigenvalue weighted by Gasteiger charge is 2.18. The van der Waals surface area contributed by atoms with Crippen LogP contribution in [0, 0.1) is 0 Å². The topological polar surface area (TPSA) is 125 Å². The van der Waals surface area contributed by atoms with E-state index in [-0.39, 0.29) is 12.3 Å². The third-order valence-electron chi connectivity index (χ3n) is 2.99. The van der Waals surface area contributed by atoms with Gasteiger partial charge in [0.05, 0.1) is 5.88 Å². The van der Waals surface area contributed by atoms with Crippen LogP contribution in [0.1, 0.15) is 39.5 Å². The molecule has 2 unspecified atom stereocenters. The average molecular weight is 347 g/mol. The van der Waals surface area contributed by atoms with Gasteiger partial charge in [-0.05, 0) is 32.4 Å². The molecular weight excluding hydrogens is 322 g/mol. The van der Waals surface area contributed by atoms with Crippen LogP contribution in [0.4, 0.5) is 0 Å². The van der Waals surface area contributed by atoms with E-state index in [2.05, 4.69) is 16.0 Å². The molecule has 0 rings (SSSR count). The molecule has 0 bridgehead atoms. The number of nitrogens with one attached hydrogen (secondary N) is 3. The standard InChI is InChI=1S/C14H25N3O5S/c1-10(15-8-18)14(22)17-11(2)13(21)16-9-23-7-5-3-4-6-12(19)20/h8,10-11H,3-7,9H2,1-2H3,(H,15,18)(H,16,21)(H,17,22)(H,19,20). The highest BCUT2D eigenvalue weighted by molar-refractivity contribution is 7.99. The van der Waals surface area contributed by atoms with Gasteiger partial charge in [0, 0.05) is 6.42 Å². The van der Waals surface area contributed by atoms with E-state index >= 15 is 0 Å². The highest BCUT2D eigenvalue weighted by atomic mass is 32.2. The lowest BCUT2D eigenvalue weighted by atomic mass is 10.2. The first-order valence-electron chi connectivity index (χ1n) is 7.45. The second kappa shape index (κ2) is 12.7. The van der Waals surface area contributed by atoms with Crippen LogP contribution >= 0.6 is 11.8 Å². The van der Waals surface area contributed by atoms with Crippen LogP contribution in [-0.2, 0) is 19.2 Å². The Hall–Kier alpha value is -1.77. The minimum Gasteiger partial charge on any atom is -0.481 e. The van der Waals surface area contributed by atoms with E-state index in [0.717, 1.165) is 18.6 Å². The van der Waals surface area contributed by atoms with Crippen LogP contribution in [-0.4, -0.2) is 53.0 Å².